The molecular formula is C20H23F2NO6. The monoisotopic (exact) mass is 411 g/mol. The number of carbonyl (C=O) groups is 1. The summed E-state index contributed by atoms with van der Waals surface area (Å²) in [7, 11) is 5.78. The van der Waals surface area contributed by atoms with Crippen molar-refractivity contribution in [2.45, 2.75) is 13.0 Å². The van der Waals surface area contributed by atoms with Crippen LogP contribution >= 0.6 is 0 Å². The van der Waals surface area contributed by atoms with Gasteiger partial charge in [-0.15, -0.1) is 0 Å². The highest BCUT2D eigenvalue weighted by atomic mass is 19.3. The van der Waals surface area contributed by atoms with Gasteiger partial charge in [0, 0.05) is 18.7 Å². The van der Waals surface area contributed by atoms with E-state index in [4.69, 9.17) is 18.9 Å². The second kappa shape index (κ2) is 10.4. The molecule has 0 radical (unpaired) electrons. The summed E-state index contributed by atoms with van der Waals surface area (Å²) >= 11 is 0. The number of methoxy groups -OCH3 is 4. The van der Waals surface area contributed by atoms with Gasteiger partial charge in [0.15, 0.2) is 23.0 Å². The highest BCUT2D eigenvalue weighted by Crippen LogP contribution is 2.34. The van der Waals surface area contributed by atoms with Gasteiger partial charge in [-0.25, -0.2) is 0 Å². The molecule has 0 aromatic heterocycles. The van der Waals surface area contributed by atoms with Crippen LogP contribution in [0.25, 0.3) is 0 Å². The first kappa shape index (κ1) is 22.1. The lowest BCUT2D eigenvalue weighted by atomic mass is 10.1. The molecule has 0 saturated heterocycles. The highest BCUT2D eigenvalue weighted by molar-refractivity contribution is 5.97. The van der Waals surface area contributed by atoms with Crippen LogP contribution in [-0.4, -0.2) is 47.5 Å². The Labute approximate surface area is 167 Å². The summed E-state index contributed by atoms with van der Waals surface area (Å²) in [4.78, 5) is 12.6. The molecule has 0 heterocycles. The molecule has 2 aromatic rings. The van der Waals surface area contributed by atoms with Crippen LogP contribution in [0.15, 0.2) is 30.3 Å². The van der Waals surface area contributed by atoms with Crippen LogP contribution in [-0.2, 0) is 6.42 Å². The Hall–Kier alpha value is -3.23. The van der Waals surface area contributed by atoms with E-state index in [9.17, 15) is 13.6 Å². The summed E-state index contributed by atoms with van der Waals surface area (Å²) in [5, 5.41) is 2.79. The molecule has 0 saturated carbocycles. The van der Waals surface area contributed by atoms with Crippen LogP contribution in [0.5, 0.6) is 28.7 Å². The zero-order valence-corrected chi connectivity index (χ0v) is 16.6. The molecule has 0 spiro atoms. The molecule has 7 nitrogen and oxygen atoms in total. The highest BCUT2D eigenvalue weighted by Gasteiger charge is 2.17. The molecule has 158 valence electrons. The average Bonchev–Trinajstić information content (AvgIpc) is 2.72. The van der Waals surface area contributed by atoms with Crippen molar-refractivity contribution < 1.29 is 37.3 Å². The fourth-order valence-corrected chi connectivity index (χ4v) is 2.68. The molecule has 29 heavy (non-hydrogen) atoms. The Morgan fingerprint density at radius 3 is 2.03 bits per heavy atom. The number of rotatable bonds is 10. The van der Waals surface area contributed by atoms with E-state index < -0.39 is 6.61 Å². The lowest BCUT2D eigenvalue weighted by Gasteiger charge is -2.14. The molecule has 1 N–H and O–H groups in total. The number of benzene rings is 2. The van der Waals surface area contributed by atoms with Gasteiger partial charge < -0.3 is 29.0 Å². The number of amides is 1. The van der Waals surface area contributed by atoms with Gasteiger partial charge in [-0.1, -0.05) is 6.07 Å². The molecule has 2 aromatic carbocycles. The summed E-state index contributed by atoms with van der Waals surface area (Å²) < 4.78 is 50.0. The molecule has 0 bridgehead atoms. The molecule has 0 fully saturated rings. The normalized spacial score (nSPS) is 10.4. The average molecular weight is 411 g/mol. The number of alkyl halides is 2. The number of carbonyl (C=O) groups excluding carboxylic acids is 1. The first-order valence-corrected chi connectivity index (χ1v) is 8.63. The maximum Gasteiger partial charge on any atom is 0.387 e. The SMILES string of the molecule is COc1cc(OC)c(C(=O)NCCc2ccc(OC(F)F)c(OC)c2)cc1OC. The quantitative estimate of drug-likeness (QED) is 0.647. The van der Waals surface area contributed by atoms with E-state index in [2.05, 4.69) is 10.1 Å². The molecule has 0 aliphatic heterocycles. The van der Waals surface area contributed by atoms with Crippen molar-refractivity contribution in [2.75, 3.05) is 35.0 Å². The summed E-state index contributed by atoms with van der Waals surface area (Å²) in [5.74, 6) is 0.973. The first-order valence-electron chi connectivity index (χ1n) is 8.63. The maximum absolute atomic E-state index is 12.6. The van der Waals surface area contributed by atoms with E-state index in [0.29, 0.717) is 35.8 Å². The van der Waals surface area contributed by atoms with E-state index in [-0.39, 0.29) is 17.4 Å². The van der Waals surface area contributed by atoms with Gasteiger partial charge in [-0.05, 0) is 24.1 Å². The minimum atomic E-state index is -2.94. The van der Waals surface area contributed by atoms with Crippen molar-refractivity contribution in [3.63, 3.8) is 0 Å². The summed E-state index contributed by atoms with van der Waals surface area (Å²) in [5.41, 5.74) is 1.08. The van der Waals surface area contributed by atoms with Crippen LogP contribution in [0.4, 0.5) is 8.78 Å². The summed E-state index contributed by atoms with van der Waals surface area (Å²) in [6, 6.07) is 7.72. The lowest BCUT2D eigenvalue weighted by Crippen LogP contribution is -2.26. The number of ether oxygens (including phenoxy) is 5. The fraction of sp³-hybridized carbons (Fsp3) is 0.350. The van der Waals surface area contributed by atoms with Crippen LogP contribution in [0.3, 0.4) is 0 Å². The lowest BCUT2D eigenvalue weighted by molar-refractivity contribution is -0.0512. The van der Waals surface area contributed by atoms with E-state index in [1.807, 2.05) is 0 Å². The van der Waals surface area contributed by atoms with E-state index in [1.54, 1.807) is 18.2 Å². The fourth-order valence-electron chi connectivity index (χ4n) is 2.68. The van der Waals surface area contributed by atoms with Crippen LogP contribution in [0, 0.1) is 0 Å². The van der Waals surface area contributed by atoms with E-state index in [1.165, 1.54) is 40.6 Å². The van der Waals surface area contributed by atoms with Crippen molar-refractivity contribution in [3.8, 4) is 28.7 Å². The Bertz CT molecular complexity index is 844. The molecule has 0 atom stereocenters. The van der Waals surface area contributed by atoms with Crippen molar-refractivity contribution >= 4 is 5.91 Å². The molecule has 9 heteroatoms. The zero-order chi connectivity index (χ0) is 21.4. The standard InChI is InChI=1S/C20H23F2NO6/c1-25-15-11-18(28-4)17(27-3)10-13(15)19(24)23-8-7-12-5-6-14(29-20(21)22)16(9-12)26-2/h5-6,9-11,20H,7-8H2,1-4H3,(H,23,24). The number of nitrogens with one attached hydrogen (secondary N) is 1. The molecule has 0 unspecified atom stereocenters. The second-order valence-electron chi connectivity index (χ2n) is 5.78. The van der Waals surface area contributed by atoms with Crippen molar-refractivity contribution in [2.24, 2.45) is 0 Å². The minimum Gasteiger partial charge on any atom is -0.496 e. The van der Waals surface area contributed by atoms with Crippen LogP contribution in [0.2, 0.25) is 0 Å². The second-order valence-corrected chi connectivity index (χ2v) is 5.78. The smallest absolute Gasteiger partial charge is 0.387 e. The van der Waals surface area contributed by atoms with Crippen LogP contribution < -0.4 is 29.0 Å². The van der Waals surface area contributed by atoms with Gasteiger partial charge in [0.1, 0.15) is 5.75 Å². The van der Waals surface area contributed by atoms with Gasteiger partial charge in [0.2, 0.25) is 0 Å². The van der Waals surface area contributed by atoms with Crippen molar-refractivity contribution in [1.82, 2.24) is 5.32 Å². The maximum atomic E-state index is 12.6. The Balaban J connectivity index is 2.06. The predicted molar refractivity (Wildman–Crippen MR) is 102 cm³/mol. The topological polar surface area (TPSA) is 75.3 Å². The van der Waals surface area contributed by atoms with Gasteiger partial charge >= 0.3 is 6.61 Å². The Kier molecular flexibility index (Phi) is 7.88. The largest absolute Gasteiger partial charge is 0.496 e. The third kappa shape index (κ3) is 5.63. The Morgan fingerprint density at radius 1 is 0.862 bits per heavy atom. The molecule has 0 aliphatic rings. The number of hydrogen-bond acceptors (Lipinski definition) is 6. The van der Waals surface area contributed by atoms with Gasteiger partial charge in [0.05, 0.1) is 34.0 Å². The third-order valence-electron chi connectivity index (χ3n) is 4.09. The number of hydrogen-bond donors (Lipinski definition) is 1. The minimum absolute atomic E-state index is 0.0506. The predicted octanol–water partition coefficient (Wildman–Crippen LogP) is 3.29. The molecule has 1 amide bonds. The first-order chi connectivity index (χ1) is 13.9. The third-order valence-corrected chi connectivity index (χ3v) is 4.09. The molecule has 0 aliphatic carbocycles. The molecular weight excluding hydrogens is 388 g/mol. The molecule has 2 rings (SSSR count). The van der Waals surface area contributed by atoms with Gasteiger partial charge in [-0.3, -0.25) is 4.79 Å². The van der Waals surface area contributed by atoms with Crippen LogP contribution in [0.1, 0.15) is 15.9 Å². The zero-order valence-electron chi connectivity index (χ0n) is 16.6. The van der Waals surface area contributed by atoms with Gasteiger partial charge in [-0.2, -0.15) is 8.78 Å². The summed E-state index contributed by atoms with van der Waals surface area (Å²) in [6.07, 6.45) is 0.451. The Morgan fingerprint density at radius 2 is 1.45 bits per heavy atom. The van der Waals surface area contributed by atoms with Crippen molar-refractivity contribution in [1.29, 1.82) is 0 Å². The number of halogens is 2. The van der Waals surface area contributed by atoms with E-state index in [0.717, 1.165) is 5.56 Å². The van der Waals surface area contributed by atoms with Crippen molar-refractivity contribution in [3.05, 3.63) is 41.5 Å². The van der Waals surface area contributed by atoms with E-state index >= 15 is 0 Å². The summed E-state index contributed by atoms with van der Waals surface area (Å²) in [6.45, 7) is -2.64. The van der Waals surface area contributed by atoms with Gasteiger partial charge in [0.25, 0.3) is 5.91 Å².